The molecule has 24 heavy (non-hydrogen) atoms. The van der Waals surface area contributed by atoms with E-state index in [1.54, 1.807) is 12.1 Å². The van der Waals surface area contributed by atoms with E-state index in [1.165, 1.54) is 6.07 Å². The molecule has 124 valence electrons. The first-order valence-corrected chi connectivity index (χ1v) is 7.86. The predicted molar refractivity (Wildman–Crippen MR) is 85.8 cm³/mol. The maximum absolute atomic E-state index is 12.5. The maximum atomic E-state index is 12.5. The first-order chi connectivity index (χ1) is 11.6. The Labute approximate surface area is 139 Å². The first-order valence-electron chi connectivity index (χ1n) is 7.86. The molecule has 3 N–H and O–H groups in total. The molecule has 0 bridgehead atoms. The van der Waals surface area contributed by atoms with Crippen LogP contribution in [0.2, 0.25) is 0 Å². The molecule has 1 aromatic carbocycles. The van der Waals surface area contributed by atoms with Gasteiger partial charge in [0, 0.05) is 18.4 Å². The Hall–Kier alpha value is -2.94. The van der Waals surface area contributed by atoms with E-state index in [0.717, 1.165) is 0 Å². The lowest BCUT2D eigenvalue weighted by molar-refractivity contribution is -0.116. The molecule has 1 aliphatic carbocycles. The number of aromatic hydroxyl groups is 1. The normalized spacial score (nSPS) is 20.3. The molecule has 1 aromatic rings. The van der Waals surface area contributed by atoms with E-state index in [1.807, 2.05) is 6.92 Å². The van der Waals surface area contributed by atoms with E-state index < -0.39 is 5.92 Å². The van der Waals surface area contributed by atoms with Crippen LogP contribution in [0.1, 0.15) is 37.7 Å². The Kier molecular flexibility index (Phi) is 4.17. The van der Waals surface area contributed by atoms with Crippen LogP contribution in [0.25, 0.3) is 0 Å². The number of carbonyl (C=O) groups is 1. The van der Waals surface area contributed by atoms with E-state index >= 15 is 0 Å². The van der Waals surface area contributed by atoms with E-state index in [4.69, 9.17) is 15.2 Å². The number of benzene rings is 1. The molecule has 6 nitrogen and oxygen atoms in total. The number of ether oxygens (including phenoxy) is 2. The molecule has 1 heterocycles. The quantitative estimate of drug-likeness (QED) is 0.884. The second-order valence-electron chi connectivity index (χ2n) is 5.70. The standard InChI is InChI=1S/C18H18N2O4/c1-2-23-15-8-10(6-7-12(15)21)16-11(9-19)18(20)24-14-5-3-4-13(22)17(14)16/h6-8,16,21H,2-5,20H2,1H3/t16-/m0/s1. The maximum Gasteiger partial charge on any atom is 0.205 e. The van der Waals surface area contributed by atoms with Crippen molar-refractivity contribution in [2.45, 2.75) is 32.1 Å². The number of nitrogens with two attached hydrogens (primary N) is 1. The number of hydrogen-bond acceptors (Lipinski definition) is 6. The fourth-order valence-corrected chi connectivity index (χ4v) is 3.17. The van der Waals surface area contributed by atoms with E-state index in [2.05, 4.69) is 6.07 Å². The molecule has 2 aliphatic rings. The van der Waals surface area contributed by atoms with Gasteiger partial charge in [0.05, 0.1) is 12.5 Å². The summed E-state index contributed by atoms with van der Waals surface area (Å²) >= 11 is 0. The van der Waals surface area contributed by atoms with Gasteiger partial charge in [0.1, 0.15) is 17.4 Å². The van der Waals surface area contributed by atoms with Crippen LogP contribution in [0.3, 0.4) is 0 Å². The number of nitrogens with zero attached hydrogens (tertiary/aromatic N) is 1. The summed E-state index contributed by atoms with van der Waals surface area (Å²) in [5.41, 5.74) is 7.27. The van der Waals surface area contributed by atoms with Crippen molar-refractivity contribution in [3.63, 3.8) is 0 Å². The van der Waals surface area contributed by atoms with Crippen molar-refractivity contribution in [3.8, 4) is 17.6 Å². The average molecular weight is 326 g/mol. The Morgan fingerprint density at radius 3 is 2.96 bits per heavy atom. The van der Waals surface area contributed by atoms with Crippen LogP contribution >= 0.6 is 0 Å². The Balaban J connectivity index is 2.16. The topological polar surface area (TPSA) is 106 Å². The van der Waals surface area contributed by atoms with Gasteiger partial charge in [0.25, 0.3) is 0 Å². The summed E-state index contributed by atoms with van der Waals surface area (Å²) in [6, 6.07) is 6.87. The van der Waals surface area contributed by atoms with Crippen LogP contribution in [0.5, 0.6) is 11.5 Å². The van der Waals surface area contributed by atoms with Crippen molar-refractivity contribution in [1.82, 2.24) is 0 Å². The van der Waals surface area contributed by atoms with Gasteiger partial charge in [-0.15, -0.1) is 0 Å². The van der Waals surface area contributed by atoms with Crippen LogP contribution in [0.15, 0.2) is 41.0 Å². The molecule has 0 amide bonds. The molecule has 1 atom stereocenters. The molecule has 0 unspecified atom stereocenters. The number of carbonyl (C=O) groups excluding carboxylic acids is 1. The van der Waals surface area contributed by atoms with Crippen molar-refractivity contribution < 1.29 is 19.4 Å². The van der Waals surface area contributed by atoms with Gasteiger partial charge >= 0.3 is 0 Å². The van der Waals surface area contributed by atoms with Crippen LogP contribution in [-0.2, 0) is 9.53 Å². The van der Waals surface area contributed by atoms with Gasteiger partial charge in [-0.25, -0.2) is 0 Å². The number of allylic oxidation sites excluding steroid dienone is 3. The summed E-state index contributed by atoms with van der Waals surface area (Å²) in [4.78, 5) is 12.5. The van der Waals surface area contributed by atoms with E-state index in [-0.39, 0.29) is 23.0 Å². The minimum absolute atomic E-state index is 0.00675. The van der Waals surface area contributed by atoms with Crippen LogP contribution in [0.4, 0.5) is 0 Å². The third-order valence-electron chi connectivity index (χ3n) is 4.22. The lowest BCUT2D eigenvalue weighted by Crippen LogP contribution is -2.27. The second-order valence-corrected chi connectivity index (χ2v) is 5.70. The first kappa shape index (κ1) is 15.9. The fourth-order valence-electron chi connectivity index (χ4n) is 3.17. The summed E-state index contributed by atoms with van der Waals surface area (Å²) < 4.78 is 10.9. The molecular formula is C18H18N2O4. The highest BCUT2D eigenvalue weighted by atomic mass is 16.5. The molecule has 0 spiro atoms. The molecule has 0 radical (unpaired) electrons. The molecule has 0 saturated heterocycles. The lowest BCUT2D eigenvalue weighted by Gasteiger charge is -2.31. The number of nitriles is 1. The highest BCUT2D eigenvalue weighted by molar-refractivity contribution is 5.99. The van der Waals surface area contributed by atoms with Gasteiger partial charge in [-0.05, 0) is 31.0 Å². The van der Waals surface area contributed by atoms with E-state index in [0.29, 0.717) is 48.5 Å². The number of Topliss-reactive ketones (excluding diaryl/α,β-unsaturated/α-hetero) is 1. The molecular weight excluding hydrogens is 308 g/mol. The third kappa shape index (κ3) is 2.58. The Morgan fingerprint density at radius 1 is 1.46 bits per heavy atom. The summed E-state index contributed by atoms with van der Waals surface area (Å²) in [6.07, 6.45) is 1.75. The number of hydrogen-bond donors (Lipinski definition) is 2. The van der Waals surface area contributed by atoms with Gasteiger partial charge < -0.3 is 20.3 Å². The minimum atomic E-state index is -0.591. The van der Waals surface area contributed by atoms with Crippen LogP contribution < -0.4 is 10.5 Å². The smallest absolute Gasteiger partial charge is 0.205 e. The average Bonchev–Trinajstić information content (AvgIpc) is 2.56. The number of phenols is 1. The van der Waals surface area contributed by atoms with Gasteiger partial charge in [-0.1, -0.05) is 6.07 Å². The van der Waals surface area contributed by atoms with Gasteiger partial charge in [-0.3, -0.25) is 4.79 Å². The highest BCUT2D eigenvalue weighted by Crippen LogP contribution is 2.44. The predicted octanol–water partition coefficient (Wildman–Crippen LogP) is 2.61. The zero-order valence-electron chi connectivity index (χ0n) is 13.3. The molecule has 1 aliphatic heterocycles. The minimum Gasteiger partial charge on any atom is -0.504 e. The van der Waals surface area contributed by atoms with Crippen molar-refractivity contribution in [3.05, 3.63) is 46.6 Å². The van der Waals surface area contributed by atoms with Crippen molar-refractivity contribution in [2.24, 2.45) is 5.73 Å². The molecule has 6 heteroatoms. The molecule has 3 rings (SSSR count). The summed E-state index contributed by atoms with van der Waals surface area (Å²) in [7, 11) is 0. The lowest BCUT2D eigenvalue weighted by atomic mass is 9.77. The third-order valence-corrected chi connectivity index (χ3v) is 4.22. The summed E-state index contributed by atoms with van der Waals surface area (Å²) in [5, 5.41) is 19.4. The van der Waals surface area contributed by atoms with Crippen molar-refractivity contribution in [1.29, 1.82) is 5.26 Å². The van der Waals surface area contributed by atoms with Gasteiger partial charge in [0.15, 0.2) is 17.3 Å². The monoisotopic (exact) mass is 326 g/mol. The molecule has 0 aromatic heterocycles. The number of phenolic OH excluding ortho intramolecular Hbond substituents is 1. The SMILES string of the molecule is CCOc1cc([C@H]2C(C#N)=C(N)OC3=C2C(=O)CCC3)ccc1O. The van der Waals surface area contributed by atoms with Gasteiger partial charge in [0.2, 0.25) is 5.88 Å². The fraction of sp³-hybridized carbons (Fsp3) is 0.333. The number of rotatable bonds is 3. The van der Waals surface area contributed by atoms with E-state index in [9.17, 15) is 15.2 Å². The summed E-state index contributed by atoms with van der Waals surface area (Å²) in [5.74, 6) is 0.259. The Bertz CT molecular complexity index is 802. The van der Waals surface area contributed by atoms with Crippen molar-refractivity contribution in [2.75, 3.05) is 6.61 Å². The number of ketones is 1. The Morgan fingerprint density at radius 2 is 2.25 bits per heavy atom. The largest absolute Gasteiger partial charge is 0.504 e. The highest BCUT2D eigenvalue weighted by Gasteiger charge is 2.38. The molecule has 0 saturated carbocycles. The van der Waals surface area contributed by atoms with Crippen LogP contribution in [-0.4, -0.2) is 17.5 Å². The van der Waals surface area contributed by atoms with Crippen molar-refractivity contribution >= 4 is 5.78 Å². The van der Waals surface area contributed by atoms with Gasteiger partial charge in [-0.2, -0.15) is 5.26 Å². The second kappa shape index (κ2) is 6.28. The zero-order valence-corrected chi connectivity index (χ0v) is 13.3. The molecule has 0 fully saturated rings. The zero-order chi connectivity index (χ0) is 17.3. The summed E-state index contributed by atoms with van der Waals surface area (Å²) in [6.45, 7) is 2.20. The van der Waals surface area contributed by atoms with Crippen LogP contribution in [0, 0.1) is 11.3 Å².